The summed E-state index contributed by atoms with van der Waals surface area (Å²) in [6.45, 7) is 11.9. The topological polar surface area (TPSA) is 12.0 Å². The van der Waals surface area contributed by atoms with Gasteiger partial charge in [-0.25, -0.2) is 0 Å². The van der Waals surface area contributed by atoms with Crippen molar-refractivity contribution in [2.45, 2.75) is 27.2 Å². The molecule has 0 fully saturated rings. The van der Waals surface area contributed by atoms with E-state index in [1.807, 2.05) is 26.8 Å². The molecule has 0 atom stereocenters. The Labute approximate surface area is 82.2 Å². The molecule has 0 amide bonds. The number of hydrogen-bond donors (Lipinski definition) is 1. The molecule has 0 unspecified atom stereocenters. The molecule has 1 aliphatic rings. The summed E-state index contributed by atoms with van der Waals surface area (Å²) >= 11 is 0. The Morgan fingerprint density at radius 1 is 1.31 bits per heavy atom. The Kier molecular flexibility index (Phi) is 7.32. The number of rotatable bonds is 2. The second-order valence-corrected chi connectivity index (χ2v) is 2.68. The summed E-state index contributed by atoms with van der Waals surface area (Å²) in [6.07, 6.45) is 7.31. The van der Waals surface area contributed by atoms with Crippen molar-refractivity contribution in [1.29, 1.82) is 0 Å². The fourth-order valence-electron chi connectivity index (χ4n) is 1.32. The van der Waals surface area contributed by atoms with Gasteiger partial charge in [-0.3, -0.25) is 0 Å². The predicted molar refractivity (Wildman–Crippen MR) is 60.9 cm³/mol. The van der Waals surface area contributed by atoms with Crippen LogP contribution in [0.5, 0.6) is 0 Å². The Morgan fingerprint density at radius 3 is 2.54 bits per heavy atom. The summed E-state index contributed by atoms with van der Waals surface area (Å²) in [4.78, 5) is 0. The standard InChI is InChI=1S/C10H15N.C2H6/c1-3-5-10-8-11-7-6-9(10)4-2;1-2/h3-5,11H,2,6-8H2,1H3;1-2H3/b5-3-;. The third-order valence-electron chi connectivity index (χ3n) is 1.91. The van der Waals surface area contributed by atoms with E-state index in [1.165, 1.54) is 11.1 Å². The maximum Gasteiger partial charge on any atom is 0.0208 e. The molecular weight excluding hydrogens is 158 g/mol. The zero-order valence-electron chi connectivity index (χ0n) is 9.06. The molecule has 74 valence electrons. The van der Waals surface area contributed by atoms with Crippen LogP contribution in [0.4, 0.5) is 0 Å². The largest absolute Gasteiger partial charge is 0.312 e. The van der Waals surface area contributed by atoms with Crippen molar-refractivity contribution >= 4 is 0 Å². The number of nitrogens with one attached hydrogen (secondary N) is 1. The summed E-state index contributed by atoms with van der Waals surface area (Å²) in [6, 6.07) is 0. The smallest absolute Gasteiger partial charge is 0.0208 e. The van der Waals surface area contributed by atoms with Crippen LogP contribution < -0.4 is 5.32 Å². The Bertz CT molecular complexity index is 199. The molecule has 0 saturated carbocycles. The zero-order valence-corrected chi connectivity index (χ0v) is 9.06. The molecule has 1 nitrogen and oxygen atoms in total. The van der Waals surface area contributed by atoms with E-state index in [0.29, 0.717) is 0 Å². The number of allylic oxidation sites excluding steroid dienone is 2. The average Bonchev–Trinajstić information content (AvgIpc) is 2.22. The molecule has 1 rings (SSSR count). The molecule has 0 aromatic heterocycles. The average molecular weight is 179 g/mol. The van der Waals surface area contributed by atoms with Gasteiger partial charge >= 0.3 is 0 Å². The van der Waals surface area contributed by atoms with Crippen LogP contribution in [0.15, 0.2) is 36.0 Å². The molecule has 1 N–H and O–H groups in total. The first-order chi connectivity index (χ1) is 6.38. The Balaban J connectivity index is 0.000000671. The fourth-order valence-corrected chi connectivity index (χ4v) is 1.32. The van der Waals surface area contributed by atoms with Crippen LogP contribution >= 0.6 is 0 Å². The summed E-state index contributed by atoms with van der Waals surface area (Å²) in [5.74, 6) is 0. The van der Waals surface area contributed by atoms with Crippen molar-refractivity contribution in [2.75, 3.05) is 13.1 Å². The minimum absolute atomic E-state index is 0.992. The highest BCUT2D eigenvalue weighted by Gasteiger charge is 2.05. The van der Waals surface area contributed by atoms with Crippen LogP contribution in [0.25, 0.3) is 0 Å². The lowest BCUT2D eigenvalue weighted by Gasteiger charge is -2.16. The Hall–Kier alpha value is -0.820. The third-order valence-corrected chi connectivity index (χ3v) is 1.91. The molecule has 0 bridgehead atoms. The summed E-state index contributed by atoms with van der Waals surface area (Å²) in [7, 11) is 0. The molecule has 0 aromatic rings. The molecule has 0 spiro atoms. The van der Waals surface area contributed by atoms with Gasteiger partial charge in [0.2, 0.25) is 0 Å². The lowest BCUT2D eigenvalue weighted by molar-refractivity contribution is 0.696. The van der Waals surface area contributed by atoms with Crippen LogP contribution in [0.3, 0.4) is 0 Å². The van der Waals surface area contributed by atoms with Gasteiger partial charge < -0.3 is 5.32 Å². The molecule has 0 radical (unpaired) electrons. The Morgan fingerprint density at radius 2 is 2.00 bits per heavy atom. The van der Waals surface area contributed by atoms with E-state index in [0.717, 1.165) is 19.5 Å². The van der Waals surface area contributed by atoms with Gasteiger partial charge in [0.05, 0.1) is 0 Å². The SMILES string of the molecule is C=CC1=C(/C=C\C)CNCC1.CC. The minimum atomic E-state index is 0.992. The van der Waals surface area contributed by atoms with Gasteiger partial charge in [-0.1, -0.05) is 38.7 Å². The maximum absolute atomic E-state index is 3.80. The van der Waals surface area contributed by atoms with Crippen LogP contribution in [0.2, 0.25) is 0 Å². The van der Waals surface area contributed by atoms with E-state index in [-0.39, 0.29) is 0 Å². The van der Waals surface area contributed by atoms with Crippen molar-refractivity contribution < 1.29 is 0 Å². The molecule has 1 heterocycles. The molecule has 0 saturated heterocycles. The van der Waals surface area contributed by atoms with E-state index in [1.54, 1.807) is 0 Å². The normalized spacial score (nSPS) is 16.8. The van der Waals surface area contributed by atoms with Crippen molar-refractivity contribution in [2.24, 2.45) is 0 Å². The second kappa shape index (κ2) is 7.81. The molecular formula is C12H21N. The van der Waals surface area contributed by atoms with Crippen molar-refractivity contribution in [3.05, 3.63) is 36.0 Å². The minimum Gasteiger partial charge on any atom is -0.312 e. The monoisotopic (exact) mass is 179 g/mol. The highest BCUT2D eigenvalue weighted by molar-refractivity contribution is 5.34. The first kappa shape index (κ1) is 12.2. The van der Waals surface area contributed by atoms with E-state index >= 15 is 0 Å². The second-order valence-electron chi connectivity index (χ2n) is 2.68. The summed E-state index contributed by atoms with van der Waals surface area (Å²) < 4.78 is 0. The van der Waals surface area contributed by atoms with Crippen molar-refractivity contribution in [1.82, 2.24) is 5.32 Å². The highest BCUT2D eigenvalue weighted by Crippen LogP contribution is 2.14. The predicted octanol–water partition coefficient (Wildman–Crippen LogP) is 3.06. The van der Waals surface area contributed by atoms with E-state index in [2.05, 4.69) is 24.0 Å². The fraction of sp³-hybridized carbons (Fsp3) is 0.500. The van der Waals surface area contributed by atoms with Crippen molar-refractivity contribution in [3.8, 4) is 0 Å². The van der Waals surface area contributed by atoms with Gasteiger partial charge in [0.1, 0.15) is 0 Å². The third kappa shape index (κ3) is 4.09. The van der Waals surface area contributed by atoms with Gasteiger partial charge in [0.25, 0.3) is 0 Å². The summed E-state index contributed by atoms with van der Waals surface area (Å²) in [5, 5.41) is 3.33. The molecule has 1 aliphatic heterocycles. The lowest BCUT2D eigenvalue weighted by Crippen LogP contribution is -2.23. The first-order valence-electron chi connectivity index (χ1n) is 5.06. The van der Waals surface area contributed by atoms with Gasteiger partial charge in [0.15, 0.2) is 0 Å². The van der Waals surface area contributed by atoms with Gasteiger partial charge in [-0.2, -0.15) is 0 Å². The van der Waals surface area contributed by atoms with Gasteiger partial charge in [-0.15, -0.1) is 0 Å². The summed E-state index contributed by atoms with van der Waals surface area (Å²) in [5.41, 5.74) is 2.77. The van der Waals surface area contributed by atoms with E-state index in [4.69, 9.17) is 0 Å². The molecule has 1 heteroatoms. The van der Waals surface area contributed by atoms with E-state index < -0.39 is 0 Å². The number of hydrogen-bond acceptors (Lipinski definition) is 1. The molecule has 13 heavy (non-hydrogen) atoms. The van der Waals surface area contributed by atoms with Crippen molar-refractivity contribution in [3.63, 3.8) is 0 Å². The molecule has 0 aliphatic carbocycles. The lowest BCUT2D eigenvalue weighted by atomic mass is 10.0. The highest BCUT2D eigenvalue weighted by atomic mass is 14.9. The molecule has 0 aromatic carbocycles. The first-order valence-corrected chi connectivity index (χ1v) is 5.06. The maximum atomic E-state index is 3.80. The van der Waals surface area contributed by atoms with Gasteiger partial charge in [0, 0.05) is 6.54 Å². The quantitative estimate of drug-likeness (QED) is 0.687. The van der Waals surface area contributed by atoms with Gasteiger partial charge in [-0.05, 0) is 31.0 Å². The van der Waals surface area contributed by atoms with Crippen LogP contribution in [-0.2, 0) is 0 Å². The van der Waals surface area contributed by atoms with Crippen LogP contribution in [0, 0.1) is 0 Å². The van der Waals surface area contributed by atoms with E-state index in [9.17, 15) is 0 Å². The van der Waals surface area contributed by atoms with Crippen LogP contribution in [0.1, 0.15) is 27.2 Å². The van der Waals surface area contributed by atoms with Crippen LogP contribution in [-0.4, -0.2) is 13.1 Å². The zero-order chi connectivity index (χ0) is 10.1.